The van der Waals surface area contributed by atoms with Crippen LogP contribution < -0.4 is 15.1 Å². The molecule has 2 aromatic rings. The minimum Gasteiger partial charge on any atom is -0.466 e. The number of anilines is 1. The van der Waals surface area contributed by atoms with Crippen LogP contribution in [0.3, 0.4) is 0 Å². The van der Waals surface area contributed by atoms with Crippen LogP contribution in [0.4, 0.5) is 5.69 Å². The van der Waals surface area contributed by atoms with Crippen molar-refractivity contribution >= 4 is 64.1 Å². The van der Waals surface area contributed by atoms with E-state index in [9.17, 15) is 9.59 Å². The van der Waals surface area contributed by atoms with Gasteiger partial charge in [0.1, 0.15) is 5.75 Å². The van der Waals surface area contributed by atoms with Crippen LogP contribution >= 0.6 is 34.8 Å². The lowest BCUT2D eigenvalue weighted by Crippen LogP contribution is -2.47. The van der Waals surface area contributed by atoms with Crippen molar-refractivity contribution in [2.45, 2.75) is 23.9 Å². The van der Waals surface area contributed by atoms with Crippen molar-refractivity contribution in [3.8, 4) is 5.75 Å². The predicted molar refractivity (Wildman–Crippen MR) is 120 cm³/mol. The highest BCUT2D eigenvalue weighted by Gasteiger charge is 2.35. The molecule has 0 aromatic heterocycles. The minimum atomic E-state index is -1.85. The number of amides is 2. The number of nitrogens with zero attached hydrogens (tertiary/aromatic N) is 2. The molecule has 1 N–H and O–H groups in total. The number of hydrazone groups is 1. The van der Waals surface area contributed by atoms with E-state index in [1.54, 1.807) is 37.3 Å². The molecule has 0 saturated heterocycles. The van der Waals surface area contributed by atoms with Crippen molar-refractivity contribution in [2.24, 2.45) is 5.10 Å². The first-order chi connectivity index (χ1) is 14.1. The van der Waals surface area contributed by atoms with E-state index in [1.807, 2.05) is 30.3 Å². The molecule has 1 aliphatic rings. The van der Waals surface area contributed by atoms with E-state index in [0.717, 1.165) is 5.56 Å². The van der Waals surface area contributed by atoms with Crippen molar-refractivity contribution < 1.29 is 14.3 Å². The number of alkyl halides is 3. The van der Waals surface area contributed by atoms with E-state index >= 15 is 0 Å². The van der Waals surface area contributed by atoms with Gasteiger partial charge in [-0.15, -0.1) is 0 Å². The summed E-state index contributed by atoms with van der Waals surface area (Å²) >= 11 is 17.6. The first kappa shape index (κ1) is 22.2. The molecule has 0 radical (unpaired) electrons. The van der Waals surface area contributed by atoms with Crippen LogP contribution in [0.2, 0.25) is 0 Å². The SMILES string of the molecule is CC(=O)NC(Oc1ccc(C=C2C(=O)N(c3ccccc3)N=C2C)cc1)C(Cl)(Cl)Cl. The van der Waals surface area contributed by atoms with Crippen LogP contribution in [0.1, 0.15) is 19.4 Å². The monoisotopic (exact) mass is 465 g/mol. The number of rotatable bonds is 5. The van der Waals surface area contributed by atoms with Gasteiger partial charge in [-0.2, -0.15) is 10.1 Å². The Labute approximate surface area is 189 Å². The second-order valence-electron chi connectivity index (χ2n) is 6.50. The zero-order valence-corrected chi connectivity index (χ0v) is 18.4. The quantitative estimate of drug-likeness (QED) is 0.394. The van der Waals surface area contributed by atoms with Crippen LogP contribution in [0.5, 0.6) is 5.75 Å². The predicted octanol–water partition coefficient (Wildman–Crippen LogP) is 4.70. The minimum absolute atomic E-state index is 0.207. The van der Waals surface area contributed by atoms with Gasteiger partial charge in [0, 0.05) is 6.92 Å². The number of halogens is 3. The topological polar surface area (TPSA) is 71.0 Å². The average Bonchev–Trinajstić information content (AvgIpc) is 2.97. The molecule has 1 unspecified atom stereocenters. The van der Waals surface area contributed by atoms with Crippen molar-refractivity contribution in [3.05, 3.63) is 65.7 Å². The number of nitrogens with one attached hydrogen (secondary N) is 1. The number of benzene rings is 2. The number of ether oxygens (including phenoxy) is 1. The van der Waals surface area contributed by atoms with E-state index in [1.165, 1.54) is 11.9 Å². The smallest absolute Gasteiger partial charge is 0.280 e. The zero-order chi connectivity index (χ0) is 21.9. The molecular formula is C21H18Cl3N3O3. The first-order valence-corrected chi connectivity index (χ1v) is 10.1. The number of carbonyl (C=O) groups excluding carboxylic acids is 2. The van der Waals surface area contributed by atoms with E-state index in [2.05, 4.69) is 10.4 Å². The Hall–Kier alpha value is -2.54. The highest BCUT2D eigenvalue weighted by Crippen LogP contribution is 2.32. The number of hydrogen-bond donors (Lipinski definition) is 1. The number of carbonyl (C=O) groups is 2. The Balaban J connectivity index is 1.77. The fraction of sp³-hybridized carbons (Fsp3) is 0.190. The van der Waals surface area contributed by atoms with Gasteiger partial charge < -0.3 is 10.1 Å². The van der Waals surface area contributed by atoms with Gasteiger partial charge in [0.25, 0.3) is 5.91 Å². The third kappa shape index (κ3) is 5.33. The maximum absolute atomic E-state index is 12.8. The van der Waals surface area contributed by atoms with Gasteiger partial charge in [0.15, 0.2) is 0 Å². The maximum Gasteiger partial charge on any atom is 0.280 e. The number of hydrogen-bond acceptors (Lipinski definition) is 4. The summed E-state index contributed by atoms with van der Waals surface area (Å²) in [6, 6.07) is 16.0. The number of para-hydroxylation sites is 1. The molecule has 1 heterocycles. The molecule has 0 bridgehead atoms. The van der Waals surface area contributed by atoms with E-state index in [-0.39, 0.29) is 5.91 Å². The van der Waals surface area contributed by atoms with Crippen LogP contribution in [0.25, 0.3) is 6.08 Å². The highest BCUT2D eigenvalue weighted by atomic mass is 35.6. The molecule has 0 saturated carbocycles. The summed E-state index contributed by atoms with van der Waals surface area (Å²) in [6.45, 7) is 3.08. The summed E-state index contributed by atoms with van der Waals surface area (Å²) < 4.78 is 3.73. The summed E-state index contributed by atoms with van der Waals surface area (Å²) in [6.07, 6.45) is 0.586. The van der Waals surface area contributed by atoms with E-state index in [0.29, 0.717) is 22.7 Å². The highest BCUT2D eigenvalue weighted by molar-refractivity contribution is 6.68. The standard InChI is InChI=1S/C21H18Cl3N3O3/c1-13-18(19(29)27(26-13)16-6-4-3-5-7-16)12-15-8-10-17(11-9-15)30-20(21(22,23)24)25-14(2)28/h3-12,20H,1-2H3,(H,25,28). The lowest BCUT2D eigenvalue weighted by Gasteiger charge is -2.25. The molecule has 30 heavy (non-hydrogen) atoms. The molecule has 6 nitrogen and oxygen atoms in total. The van der Waals surface area contributed by atoms with Gasteiger partial charge >= 0.3 is 0 Å². The van der Waals surface area contributed by atoms with Crippen molar-refractivity contribution in [2.75, 3.05) is 5.01 Å². The zero-order valence-electron chi connectivity index (χ0n) is 16.1. The first-order valence-electron chi connectivity index (χ1n) is 8.92. The molecule has 1 atom stereocenters. The third-order valence-corrected chi connectivity index (χ3v) is 4.73. The van der Waals surface area contributed by atoms with E-state index in [4.69, 9.17) is 39.5 Å². The molecular weight excluding hydrogens is 449 g/mol. The fourth-order valence-corrected chi connectivity index (χ4v) is 3.03. The maximum atomic E-state index is 12.8. The fourth-order valence-electron chi connectivity index (χ4n) is 2.74. The summed E-state index contributed by atoms with van der Waals surface area (Å²) in [5, 5.41) is 8.16. The van der Waals surface area contributed by atoms with Crippen LogP contribution in [0.15, 0.2) is 65.3 Å². The largest absolute Gasteiger partial charge is 0.466 e. The Kier molecular flexibility index (Phi) is 6.71. The van der Waals surface area contributed by atoms with Gasteiger partial charge in [-0.05, 0) is 42.8 Å². The molecule has 0 fully saturated rings. The van der Waals surface area contributed by atoms with Gasteiger partial charge in [-0.25, -0.2) is 0 Å². The molecule has 3 rings (SSSR count). The molecule has 2 aromatic carbocycles. The van der Waals surface area contributed by atoms with Crippen LogP contribution in [-0.2, 0) is 9.59 Å². The third-order valence-electron chi connectivity index (χ3n) is 4.14. The Morgan fingerprint density at radius 3 is 2.33 bits per heavy atom. The van der Waals surface area contributed by atoms with Crippen LogP contribution in [-0.4, -0.2) is 27.5 Å². The Bertz CT molecular complexity index is 1000. The van der Waals surface area contributed by atoms with Crippen molar-refractivity contribution in [1.29, 1.82) is 0 Å². The van der Waals surface area contributed by atoms with E-state index < -0.39 is 15.9 Å². The van der Waals surface area contributed by atoms with Gasteiger partial charge in [-0.3, -0.25) is 9.59 Å². The lowest BCUT2D eigenvalue weighted by atomic mass is 10.1. The van der Waals surface area contributed by atoms with Crippen molar-refractivity contribution in [1.82, 2.24) is 5.32 Å². The molecule has 2 amide bonds. The second-order valence-corrected chi connectivity index (χ2v) is 8.87. The molecule has 1 aliphatic heterocycles. The average molecular weight is 467 g/mol. The van der Waals surface area contributed by atoms with Gasteiger partial charge in [-0.1, -0.05) is 65.1 Å². The van der Waals surface area contributed by atoms with Gasteiger partial charge in [0.05, 0.1) is 17.0 Å². The molecule has 9 heteroatoms. The van der Waals surface area contributed by atoms with Gasteiger partial charge in [0.2, 0.25) is 15.9 Å². The summed E-state index contributed by atoms with van der Waals surface area (Å²) in [5.74, 6) is -0.220. The van der Waals surface area contributed by atoms with Crippen LogP contribution in [0, 0.1) is 0 Å². The summed E-state index contributed by atoms with van der Waals surface area (Å²) in [4.78, 5) is 24.1. The Morgan fingerprint density at radius 1 is 1.13 bits per heavy atom. The normalized spacial score (nSPS) is 16.4. The molecule has 0 aliphatic carbocycles. The summed E-state index contributed by atoms with van der Waals surface area (Å²) in [7, 11) is 0. The lowest BCUT2D eigenvalue weighted by molar-refractivity contribution is -0.121. The molecule has 0 spiro atoms. The second kappa shape index (κ2) is 9.08. The summed E-state index contributed by atoms with van der Waals surface area (Å²) in [5.41, 5.74) is 2.57. The van der Waals surface area contributed by atoms with Crippen molar-refractivity contribution in [3.63, 3.8) is 0 Å². The molecule has 156 valence electrons. The Morgan fingerprint density at radius 2 is 1.77 bits per heavy atom.